The normalized spacial score (nSPS) is 12.3. The number of aryl methyl sites for hydroxylation is 1. The van der Waals surface area contributed by atoms with Crippen LogP contribution in [0.1, 0.15) is 0 Å². The van der Waals surface area contributed by atoms with Crippen molar-refractivity contribution in [3.05, 3.63) is 45.1 Å². The number of hydrogen-bond acceptors (Lipinski definition) is 7. The Kier molecular flexibility index (Phi) is 4.67. The van der Waals surface area contributed by atoms with E-state index < -0.39 is 17.4 Å². The Labute approximate surface area is 147 Å². The smallest absolute Gasteiger partial charge is 0.329 e. The number of nitrogen functional groups attached to an aromatic ring is 1. The maximum atomic E-state index is 12.1. The lowest BCUT2D eigenvalue weighted by Crippen LogP contribution is -2.30. The molecule has 0 radical (unpaired) electrons. The number of fused-ring (bicyclic) bond motifs is 1. The van der Waals surface area contributed by atoms with Crippen molar-refractivity contribution in [1.82, 2.24) is 19.1 Å². The first-order chi connectivity index (χ1) is 12.4. The predicted molar refractivity (Wildman–Crippen MR) is 94.5 cm³/mol. The molecule has 26 heavy (non-hydrogen) atoms. The second kappa shape index (κ2) is 6.92. The van der Waals surface area contributed by atoms with Crippen LogP contribution in [0.25, 0.3) is 11.2 Å². The molecule has 138 valence electrons. The number of imidazole rings is 1. The van der Waals surface area contributed by atoms with E-state index >= 15 is 0 Å². The predicted octanol–water partition coefficient (Wildman–Crippen LogP) is -0.546. The Balaban J connectivity index is 1.78. The molecule has 0 aliphatic rings. The van der Waals surface area contributed by atoms with Gasteiger partial charge in [-0.2, -0.15) is 4.98 Å². The first-order valence-electron chi connectivity index (χ1n) is 7.80. The first-order valence-corrected chi connectivity index (χ1v) is 7.80. The molecule has 2 aromatic heterocycles. The second-order valence-electron chi connectivity index (χ2n) is 5.71. The van der Waals surface area contributed by atoms with E-state index in [2.05, 4.69) is 9.97 Å². The Hall–Kier alpha value is -3.27. The summed E-state index contributed by atoms with van der Waals surface area (Å²) in [4.78, 5) is 30.0. The molecule has 0 saturated heterocycles. The molecule has 0 saturated carbocycles. The number of nitrogens with one attached hydrogen (secondary N) is 1. The van der Waals surface area contributed by atoms with Crippen molar-refractivity contribution < 1.29 is 14.6 Å². The summed E-state index contributed by atoms with van der Waals surface area (Å²) >= 11 is 0. The van der Waals surface area contributed by atoms with Crippen molar-refractivity contribution in [2.75, 3.05) is 19.5 Å². The van der Waals surface area contributed by atoms with Gasteiger partial charge >= 0.3 is 5.69 Å². The summed E-state index contributed by atoms with van der Waals surface area (Å²) in [6.07, 6.45) is -0.951. The van der Waals surface area contributed by atoms with Gasteiger partial charge in [-0.25, -0.2) is 4.79 Å². The summed E-state index contributed by atoms with van der Waals surface area (Å²) < 4.78 is 13.1. The fraction of sp³-hybridized carbons (Fsp3) is 0.312. The van der Waals surface area contributed by atoms with Crippen LogP contribution in [0.2, 0.25) is 0 Å². The average molecular weight is 361 g/mol. The molecule has 10 nitrogen and oxygen atoms in total. The van der Waals surface area contributed by atoms with Crippen molar-refractivity contribution in [3.63, 3.8) is 0 Å². The molecule has 1 aromatic carbocycles. The molecule has 0 aliphatic carbocycles. The highest BCUT2D eigenvalue weighted by atomic mass is 16.5. The van der Waals surface area contributed by atoms with Crippen LogP contribution in [0.3, 0.4) is 0 Å². The maximum Gasteiger partial charge on any atom is 0.329 e. The van der Waals surface area contributed by atoms with Crippen LogP contribution < -0.4 is 26.5 Å². The van der Waals surface area contributed by atoms with E-state index in [1.807, 2.05) is 0 Å². The van der Waals surface area contributed by atoms with Gasteiger partial charge in [0.1, 0.15) is 24.2 Å². The summed E-state index contributed by atoms with van der Waals surface area (Å²) in [5, 5.41) is 10.2. The average Bonchev–Trinajstić information content (AvgIpc) is 2.95. The number of nitrogens with zero attached hydrogens (tertiary/aromatic N) is 3. The van der Waals surface area contributed by atoms with Crippen molar-refractivity contribution in [3.8, 4) is 11.5 Å². The van der Waals surface area contributed by atoms with E-state index in [0.717, 1.165) is 0 Å². The third-order valence-electron chi connectivity index (χ3n) is 3.93. The molecule has 2 heterocycles. The molecule has 0 fully saturated rings. The number of benzene rings is 1. The lowest BCUT2D eigenvalue weighted by atomic mass is 10.3. The Morgan fingerprint density at radius 1 is 1.27 bits per heavy atom. The van der Waals surface area contributed by atoms with Crippen molar-refractivity contribution in [2.24, 2.45) is 7.05 Å². The number of aromatic amines is 1. The number of aromatic nitrogens is 4. The maximum absolute atomic E-state index is 12.1. The minimum Gasteiger partial charge on any atom is -0.497 e. The van der Waals surface area contributed by atoms with Crippen LogP contribution in [-0.4, -0.2) is 44.0 Å². The highest BCUT2D eigenvalue weighted by molar-refractivity contribution is 5.73. The minimum absolute atomic E-state index is 0.0141. The van der Waals surface area contributed by atoms with Gasteiger partial charge in [-0.3, -0.25) is 14.3 Å². The topological polar surface area (TPSA) is 137 Å². The minimum atomic E-state index is -0.951. The number of hydrogen-bond donors (Lipinski definition) is 3. The van der Waals surface area contributed by atoms with E-state index in [1.54, 1.807) is 31.4 Å². The van der Waals surface area contributed by atoms with Gasteiger partial charge in [0.15, 0.2) is 11.2 Å². The summed E-state index contributed by atoms with van der Waals surface area (Å²) in [7, 11) is 3.04. The second-order valence-corrected chi connectivity index (χ2v) is 5.71. The zero-order valence-electron chi connectivity index (χ0n) is 14.3. The zero-order chi connectivity index (χ0) is 18.8. The van der Waals surface area contributed by atoms with Gasteiger partial charge in [0.25, 0.3) is 5.56 Å². The van der Waals surface area contributed by atoms with E-state index in [9.17, 15) is 14.7 Å². The molecule has 0 aliphatic heterocycles. The summed E-state index contributed by atoms with van der Waals surface area (Å²) in [5.74, 6) is 1.28. The molecule has 3 rings (SSSR count). The van der Waals surface area contributed by atoms with Gasteiger partial charge < -0.3 is 24.9 Å². The summed E-state index contributed by atoms with van der Waals surface area (Å²) in [6, 6.07) is 6.91. The van der Waals surface area contributed by atoms with Gasteiger partial charge in [0.05, 0.1) is 13.7 Å². The third-order valence-corrected chi connectivity index (χ3v) is 3.93. The molecule has 3 aromatic rings. The van der Waals surface area contributed by atoms with Crippen LogP contribution in [-0.2, 0) is 13.6 Å². The standard InChI is InChI=1S/C16H19N5O5/c1-20-13-12(14(23)19-16(20)24)21(15(17)18-13)7-9(22)8-26-11-5-3-10(25-2)4-6-11/h3-6,9,22H,7-8H2,1-2H3,(H2,17,18)(H,19,23,24)/t9-/m0/s1. The fourth-order valence-electron chi connectivity index (χ4n) is 2.56. The third kappa shape index (κ3) is 3.26. The van der Waals surface area contributed by atoms with Crippen molar-refractivity contribution >= 4 is 17.1 Å². The molecule has 1 atom stereocenters. The Morgan fingerprint density at radius 3 is 2.58 bits per heavy atom. The fourth-order valence-corrected chi connectivity index (χ4v) is 2.56. The summed E-state index contributed by atoms with van der Waals surface area (Å²) in [5.41, 5.74) is 4.91. The number of anilines is 1. The molecule has 0 amide bonds. The van der Waals surface area contributed by atoms with Crippen molar-refractivity contribution in [2.45, 2.75) is 12.6 Å². The SMILES string of the molecule is COc1ccc(OC[C@@H](O)Cn2c(N)nc3c2c(=O)[nH]c(=O)n3C)cc1. The van der Waals surface area contributed by atoms with E-state index in [1.165, 1.54) is 16.2 Å². The number of ether oxygens (including phenoxy) is 2. The van der Waals surface area contributed by atoms with Crippen LogP contribution in [0.15, 0.2) is 33.9 Å². The number of aliphatic hydroxyl groups excluding tert-OH is 1. The number of nitrogens with two attached hydrogens (primary N) is 1. The van der Waals surface area contributed by atoms with Gasteiger partial charge in [-0.15, -0.1) is 0 Å². The largest absolute Gasteiger partial charge is 0.497 e. The molecule has 4 N–H and O–H groups in total. The highest BCUT2D eigenvalue weighted by Gasteiger charge is 2.18. The number of methoxy groups -OCH3 is 1. The molecule has 0 bridgehead atoms. The monoisotopic (exact) mass is 361 g/mol. The Morgan fingerprint density at radius 2 is 1.92 bits per heavy atom. The molecular formula is C16H19N5O5. The Bertz CT molecular complexity index is 1030. The lowest BCUT2D eigenvalue weighted by molar-refractivity contribution is 0.0938. The van der Waals surface area contributed by atoms with E-state index in [4.69, 9.17) is 15.2 Å². The van der Waals surface area contributed by atoms with E-state index in [0.29, 0.717) is 11.5 Å². The van der Waals surface area contributed by atoms with Gasteiger partial charge in [0, 0.05) is 7.05 Å². The number of aliphatic hydroxyl groups is 1. The number of rotatable bonds is 6. The number of H-pyrrole nitrogens is 1. The quantitative estimate of drug-likeness (QED) is 0.536. The van der Waals surface area contributed by atoms with Crippen LogP contribution in [0, 0.1) is 0 Å². The molecular weight excluding hydrogens is 342 g/mol. The first kappa shape index (κ1) is 17.5. The lowest BCUT2D eigenvalue weighted by Gasteiger charge is -2.14. The van der Waals surface area contributed by atoms with Gasteiger partial charge in [-0.1, -0.05) is 0 Å². The van der Waals surface area contributed by atoms with E-state index in [-0.39, 0.29) is 30.3 Å². The summed E-state index contributed by atoms with van der Waals surface area (Å²) in [6.45, 7) is -0.0329. The van der Waals surface area contributed by atoms with Crippen LogP contribution in [0.4, 0.5) is 5.95 Å². The van der Waals surface area contributed by atoms with Crippen LogP contribution >= 0.6 is 0 Å². The zero-order valence-corrected chi connectivity index (χ0v) is 14.3. The molecule has 0 unspecified atom stereocenters. The highest BCUT2D eigenvalue weighted by Crippen LogP contribution is 2.18. The van der Waals surface area contributed by atoms with Gasteiger partial charge in [-0.05, 0) is 24.3 Å². The molecule has 0 spiro atoms. The van der Waals surface area contributed by atoms with Crippen LogP contribution in [0.5, 0.6) is 11.5 Å². The van der Waals surface area contributed by atoms with Crippen molar-refractivity contribution in [1.29, 1.82) is 0 Å². The molecule has 10 heteroatoms. The van der Waals surface area contributed by atoms with Gasteiger partial charge in [0.2, 0.25) is 5.95 Å².